The summed E-state index contributed by atoms with van der Waals surface area (Å²) in [6.45, 7) is 0. The van der Waals surface area contributed by atoms with Gasteiger partial charge in [0, 0.05) is 10.7 Å². The standard InChI is InChI=1S/C7H4BrClF2O2S/c8-5-1-4(3-14(9,12)13)2-6(10)7(5)11/h1-2H,3H2. The molecule has 0 saturated heterocycles. The molecule has 1 rings (SSSR count). The zero-order valence-corrected chi connectivity index (χ0v) is 9.76. The van der Waals surface area contributed by atoms with Crippen molar-refractivity contribution in [2.75, 3.05) is 0 Å². The molecule has 0 atom stereocenters. The number of halogens is 4. The van der Waals surface area contributed by atoms with Gasteiger partial charge in [-0.05, 0) is 33.6 Å². The van der Waals surface area contributed by atoms with Crippen molar-refractivity contribution in [2.24, 2.45) is 0 Å². The lowest BCUT2D eigenvalue weighted by Gasteiger charge is -2.01. The fraction of sp³-hybridized carbons (Fsp3) is 0.143. The zero-order chi connectivity index (χ0) is 10.9. The third-order valence-electron chi connectivity index (χ3n) is 1.38. The molecule has 0 unspecified atom stereocenters. The molecule has 0 aromatic heterocycles. The van der Waals surface area contributed by atoms with Crippen LogP contribution in [0.4, 0.5) is 8.78 Å². The highest BCUT2D eigenvalue weighted by atomic mass is 79.9. The largest absolute Gasteiger partial charge is 0.236 e. The molecule has 0 aliphatic rings. The van der Waals surface area contributed by atoms with E-state index in [4.69, 9.17) is 10.7 Å². The van der Waals surface area contributed by atoms with Crippen LogP contribution in [0.5, 0.6) is 0 Å². The lowest BCUT2D eigenvalue weighted by atomic mass is 10.2. The lowest BCUT2D eigenvalue weighted by molar-refractivity contribution is 0.503. The molecule has 0 radical (unpaired) electrons. The van der Waals surface area contributed by atoms with Crippen LogP contribution in [0.1, 0.15) is 5.56 Å². The number of benzene rings is 1. The van der Waals surface area contributed by atoms with E-state index in [0.29, 0.717) is 0 Å². The second kappa shape index (κ2) is 4.12. The minimum Gasteiger partial charge on any atom is -0.212 e. The van der Waals surface area contributed by atoms with Crippen LogP contribution >= 0.6 is 26.6 Å². The van der Waals surface area contributed by atoms with Gasteiger partial charge in [0.2, 0.25) is 9.05 Å². The van der Waals surface area contributed by atoms with Crippen LogP contribution in [0.15, 0.2) is 16.6 Å². The SMILES string of the molecule is O=S(=O)(Cl)Cc1cc(F)c(F)c(Br)c1. The van der Waals surface area contributed by atoms with E-state index < -0.39 is 26.4 Å². The second-order valence-electron chi connectivity index (χ2n) is 2.56. The van der Waals surface area contributed by atoms with E-state index in [0.717, 1.165) is 6.07 Å². The molecular weight excluding hydrogens is 301 g/mol. The molecule has 0 spiro atoms. The van der Waals surface area contributed by atoms with Gasteiger partial charge >= 0.3 is 0 Å². The lowest BCUT2D eigenvalue weighted by Crippen LogP contribution is -1.97. The van der Waals surface area contributed by atoms with Crippen LogP contribution in [-0.2, 0) is 14.8 Å². The monoisotopic (exact) mass is 304 g/mol. The smallest absolute Gasteiger partial charge is 0.212 e. The van der Waals surface area contributed by atoms with Gasteiger partial charge in [0.25, 0.3) is 0 Å². The minimum atomic E-state index is -3.76. The highest BCUT2D eigenvalue weighted by Gasteiger charge is 2.13. The van der Waals surface area contributed by atoms with Gasteiger partial charge in [-0.2, -0.15) is 0 Å². The third kappa shape index (κ3) is 3.18. The van der Waals surface area contributed by atoms with Crippen LogP contribution in [0, 0.1) is 11.6 Å². The highest BCUT2D eigenvalue weighted by Crippen LogP contribution is 2.22. The van der Waals surface area contributed by atoms with E-state index in [1.54, 1.807) is 0 Å². The summed E-state index contributed by atoms with van der Waals surface area (Å²) in [5, 5.41) is 0. The van der Waals surface area contributed by atoms with E-state index in [1.165, 1.54) is 6.07 Å². The van der Waals surface area contributed by atoms with Crippen molar-refractivity contribution in [1.82, 2.24) is 0 Å². The van der Waals surface area contributed by atoms with Crippen LogP contribution in [-0.4, -0.2) is 8.42 Å². The molecule has 14 heavy (non-hydrogen) atoms. The zero-order valence-electron chi connectivity index (χ0n) is 6.60. The van der Waals surface area contributed by atoms with Crippen LogP contribution in [0.3, 0.4) is 0 Å². The van der Waals surface area contributed by atoms with E-state index in [1.807, 2.05) is 0 Å². The predicted molar refractivity (Wildman–Crippen MR) is 52.5 cm³/mol. The van der Waals surface area contributed by atoms with Gasteiger partial charge in [-0.1, -0.05) is 0 Å². The average Bonchev–Trinajstić information content (AvgIpc) is 1.96. The molecule has 0 saturated carbocycles. The Labute approximate surface area is 92.4 Å². The topological polar surface area (TPSA) is 34.1 Å². The van der Waals surface area contributed by atoms with Gasteiger partial charge in [0.1, 0.15) is 0 Å². The molecule has 0 bridgehead atoms. The summed E-state index contributed by atoms with van der Waals surface area (Å²) in [6, 6.07) is 1.96. The first-order valence-corrected chi connectivity index (χ1v) is 6.62. The Bertz CT molecular complexity index is 438. The van der Waals surface area contributed by atoms with Gasteiger partial charge in [-0.3, -0.25) is 0 Å². The molecule has 0 aliphatic carbocycles. The van der Waals surface area contributed by atoms with E-state index in [9.17, 15) is 17.2 Å². The molecule has 7 heteroatoms. The quantitative estimate of drug-likeness (QED) is 0.622. The highest BCUT2D eigenvalue weighted by molar-refractivity contribution is 9.10. The Morgan fingerprint density at radius 2 is 1.93 bits per heavy atom. The van der Waals surface area contributed by atoms with Crippen molar-refractivity contribution in [3.63, 3.8) is 0 Å². The molecule has 2 nitrogen and oxygen atoms in total. The van der Waals surface area contributed by atoms with Crippen molar-refractivity contribution in [3.8, 4) is 0 Å². The van der Waals surface area contributed by atoms with Gasteiger partial charge in [-0.15, -0.1) is 0 Å². The van der Waals surface area contributed by atoms with Crippen LogP contribution < -0.4 is 0 Å². The van der Waals surface area contributed by atoms with Gasteiger partial charge in [0.15, 0.2) is 11.6 Å². The number of hydrogen-bond donors (Lipinski definition) is 0. The second-order valence-corrected chi connectivity index (χ2v) is 6.19. The molecule has 1 aromatic carbocycles. The molecule has 0 amide bonds. The maximum absolute atomic E-state index is 12.8. The maximum Gasteiger partial charge on any atom is 0.236 e. The summed E-state index contributed by atoms with van der Waals surface area (Å²) >= 11 is 2.75. The molecule has 78 valence electrons. The summed E-state index contributed by atoms with van der Waals surface area (Å²) in [6.07, 6.45) is 0. The number of hydrogen-bond acceptors (Lipinski definition) is 2. The first kappa shape index (κ1) is 11.9. The molecule has 0 fully saturated rings. The summed E-state index contributed by atoms with van der Waals surface area (Å²) in [5.41, 5.74) is 0.0887. The fourth-order valence-electron chi connectivity index (χ4n) is 0.890. The average molecular weight is 306 g/mol. The minimum absolute atomic E-state index is 0.0887. The summed E-state index contributed by atoms with van der Waals surface area (Å²) in [7, 11) is 1.19. The molecule has 0 N–H and O–H groups in total. The Hall–Kier alpha value is -0.200. The van der Waals surface area contributed by atoms with Crippen molar-refractivity contribution < 1.29 is 17.2 Å². The molecular formula is C7H4BrClF2O2S. The summed E-state index contributed by atoms with van der Waals surface area (Å²) in [5.74, 6) is -2.71. The van der Waals surface area contributed by atoms with Crippen LogP contribution in [0.2, 0.25) is 0 Å². The first-order valence-electron chi connectivity index (χ1n) is 3.35. The third-order valence-corrected chi connectivity index (χ3v) is 2.97. The Balaban J connectivity index is 3.14. The Morgan fingerprint density at radius 3 is 2.36 bits per heavy atom. The molecule has 0 aliphatic heterocycles. The van der Waals surface area contributed by atoms with Gasteiger partial charge in [-0.25, -0.2) is 17.2 Å². The first-order chi connectivity index (χ1) is 6.29. The molecule has 1 aromatic rings. The Kier molecular flexibility index (Phi) is 3.49. The van der Waals surface area contributed by atoms with E-state index in [2.05, 4.69) is 15.9 Å². The summed E-state index contributed by atoms with van der Waals surface area (Å²) in [4.78, 5) is 0. The predicted octanol–water partition coefficient (Wildman–Crippen LogP) is 2.80. The number of rotatable bonds is 2. The van der Waals surface area contributed by atoms with Crippen molar-refractivity contribution in [3.05, 3.63) is 33.8 Å². The van der Waals surface area contributed by atoms with E-state index >= 15 is 0 Å². The van der Waals surface area contributed by atoms with E-state index in [-0.39, 0.29) is 10.0 Å². The van der Waals surface area contributed by atoms with Crippen molar-refractivity contribution >= 4 is 35.7 Å². The fourth-order valence-corrected chi connectivity index (χ4v) is 2.32. The van der Waals surface area contributed by atoms with Crippen molar-refractivity contribution in [1.29, 1.82) is 0 Å². The summed E-state index contributed by atoms with van der Waals surface area (Å²) < 4.78 is 46.7. The Morgan fingerprint density at radius 1 is 1.36 bits per heavy atom. The van der Waals surface area contributed by atoms with Gasteiger partial charge < -0.3 is 0 Å². The normalized spacial score (nSPS) is 11.7. The van der Waals surface area contributed by atoms with Crippen LogP contribution in [0.25, 0.3) is 0 Å². The van der Waals surface area contributed by atoms with Crippen molar-refractivity contribution in [2.45, 2.75) is 5.75 Å². The van der Waals surface area contributed by atoms with Gasteiger partial charge in [0.05, 0.1) is 10.2 Å². The molecule has 0 heterocycles. The maximum atomic E-state index is 12.8.